The molecule has 2 aliphatic rings. The second-order valence-corrected chi connectivity index (χ2v) is 5.18. The van der Waals surface area contributed by atoms with Crippen molar-refractivity contribution in [2.45, 2.75) is 31.7 Å². The molecule has 1 aliphatic carbocycles. The van der Waals surface area contributed by atoms with Crippen molar-refractivity contribution in [1.82, 2.24) is 0 Å². The third kappa shape index (κ3) is 3.01. The molecule has 5 heteroatoms. The Bertz CT molecular complexity index is 479. The van der Waals surface area contributed by atoms with Gasteiger partial charge in [-0.2, -0.15) is 0 Å². The Hall–Kier alpha value is -1.26. The van der Waals surface area contributed by atoms with Crippen LogP contribution in [0.15, 0.2) is 18.2 Å². The van der Waals surface area contributed by atoms with E-state index in [1.54, 1.807) is 0 Å². The topological polar surface area (TPSA) is 64.4 Å². The summed E-state index contributed by atoms with van der Waals surface area (Å²) >= 11 is 0. The summed E-state index contributed by atoms with van der Waals surface area (Å²) < 4.78 is 5.44. The molecule has 1 aliphatic heterocycles. The third-order valence-electron chi connectivity index (χ3n) is 3.80. The molecule has 0 bridgehead atoms. The summed E-state index contributed by atoms with van der Waals surface area (Å²) in [6.45, 7) is 0.740. The molecule has 0 spiro atoms. The number of nitrogens with one attached hydrogen (secondary N) is 1. The molecule has 1 saturated carbocycles. The fourth-order valence-corrected chi connectivity index (χ4v) is 2.76. The molecule has 0 saturated heterocycles. The average molecular weight is 283 g/mol. The average Bonchev–Trinajstić information content (AvgIpc) is 2.96. The maximum atomic E-state index is 12.1. The summed E-state index contributed by atoms with van der Waals surface area (Å²) in [6.07, 6.45) is 3.59. The van der Waals surface area contributed by atoms with Crippen LogP contribution in [0.1, 0.15) is 24.8 Å². The lowest BCUT2D eigenvalue weighted by molar-refractivity contribution is -0.119. The monoisotopic (exact) mass is 282 g/mol. The second-order valence-electron chi connectivity index (χ2n) is 5.18. The van der Waals surface area contributed by atoms with Gasteiger partial charge < -0.3 is 15.8 Å². The zero-order valence-electron chi connectivity index (χ0n) is 10.7. The maximum Gasteiger partial charge on any atom is 0.227 e. The number of hydrogen-bond acceptors (Lipinski definition) is 3. The van der Waals surface area contributed by atoms with Gasteiger partial charge in [-0.15, -0.1) is 12.4 Å². The Labute approximate surface area is 119 Å². The molecule has 1 fully saturated rings. The highest BCUT2D eigenvalue weighted by Crippen LogP contribution is 2.29. The van der Waals surface area contributed by atoms with Crippen LogP contribution < -0.4 is 15.8 Å². The first kappa shape index (κ1) is 14.2. The third-order valence-corrected chi connectivity index (χ3v) is 3.80. The number of rotatable bonds is 2. The summed E-state index contributed by atoms with van der Waals surface area (Å²) in [5, 5.41) is 2.98. The van der Waals surface area contributed by atoms with Crippen LogP contribution in [-0.2, 0) is 11.2 Å². The van der Waals surface area contributed by atoms with E-state index in [9.17, 15) is 4.79 Å². The normalized spacial score (nSPS) is 24.3. The quantitative estimate of drug-likeness (QED) is 0.873. The van der Waals surface area contributed by atoms with E-state index in [4.69, 9.17) is 10.5 Å². The molecule has 4 nitrogen and oxygen atoms in total. The summed E-state index contributed by atoms with van der Waals surface area (Å²) in [5.41, 5.74) is 7.88. The van der Waals surface area contributed by atoms with Crippen LogP contribution in [0.2, 0.25) is 0 Å². The fourth-order valence-electron chi connectivity index (χ4n) is 2.76. The predicted octanol–water partition coefficient (Wildman–Crippen LogP) is 2.11. The molecule has 0 radical (unpaired) electrons. The van der Waals surface area contributed by atoms with E-state index in [2.05, 4.69) is 5.32 Å². The molecule has 0 aromatic heterocycles. The van der Waals surface area contributed by atoms with Crippen LogP contribution >= 0.6 is 12.4 Å². The summed E-state index contributed by atoms with van der Waals surface area (Å²) in [6, 6.07) is 6.03. The number of nitrogens with two attached hydrogens (primary N) is 1. The van der Waals surface area contributed by atoms with Gasteiger partial charge in [0.1, 0.15) is 5.75 Å². The number of halogens is 1. The van der Waals surface area contributed by atoms with Gasteiger partial charge in [-0.05, 0) is 43.0 Å². The number of carbonyl (C=O) groups excluding carboxylic acids is 1. The van der Waals surface area contributed by atoms with Gasteiger partial charge in [0, 0.05) is 24.1 Å². The van der Waals surface area contributed by atoms with Crippen molar-refractivity contribution in [2.24, 2.45) is 11.7 Å². The summed E-state index contributed by atoms with van der Waals surface area (Å²) in [7, 11) is 0. The van der Waals surface area contributed by atoms with Gasteiger partial charge >= 0.3 is 0 Å². The Morgan fingerprint density at radius 2 is 2.21 bits per heavy atom. The maximum absolute atomic E-state index is 12.1. The fraction of sp³-hybridized carbons (Fsp3) is 0.500. The van der Waals surface area contributed by atoms with Crippen molar-refractivity contribution in [3.63, 3.8) is 0 Å². The number of fused-ring (bicyclic) bond motifs is 1. The van der Waals surface area contributed by atoms with Gasteiger partial charge in [0.2, 0.25) is 5.91 Å². The lowest BCUT2D eigenvalue weighted by Crippen LogP contribution is -2.23. The molecule has 1 amide bonds. The molecular weight excluding hydrogens is 264 g/mol. The van der Waals surface area contributed by atoms with E-state index in [1.165, 1.54) is 5.56 Å². The lowest BCUT2D eigenvalue weighted by Gasteiger charge is -2.11. The van der Waals surface area contributed by atoms with Crippen molar-refractivity contribution in [3.05, 3.63) is 23.8 Å². The molecule has 2 unspecified atom stereocenters. The van der Waals surface area contributed by atoms with Gasteiger partial charge in [0.05, 0.1) is 6.61 Å². The van der Waals surface area contributed by atoms with Crippen LogP contribution in [0.3, 0.4) is 0 Å². The largest absolute Gasteiger partial charge is 0.493 e. The smallest absolute Gasteiger partial charge is 0.227 e. The molecule has 2 atom stereocenters. The highest BCUT2D eigenvalue weighted by atomic mass is 35.5. The van der Waals surface area contributed by atoms with Gasteiger partial charge in [-0.3, -0.25) is 4.79 Å². The van der Waals surface area contributed by atoms with E-state index in [0.717, 1.165) is 43.7 Å². The molecule has 1 aromatic rings. The minimum Gasteiger partial charge on any atom is -0.493 e. The van der Waals surface area contributed by atoms with Crippen LogP contribution in [-0.4, -0.2) is 18.6 Å². The van der Waals surface area contributed by atoms with E-state index in [-0.39, 0.29) is 30.3 Å². The van der Waals surface area contributed by atoms with Gasteiger partial charge in [0.25, 0.3) is 0 Å². The Kier molecular flexibility index (Phi) is 4.32. The first-order valence-corrected chi connectivity index (χ1v) is 6.54. The van der Waals surface area contributed by atoms with Crippen LogP contribution in [0, 0.1) is 5.92 Å². The molecule has 1 aromatic carbocycles. The summed E-state index contributed by atoms with van der Waals surface area (Å²) in [4.78, 5) is 12.1. The van der Waals surface area contributed by atoms with E-state index < -0.39 is 0 Å². The van der Waals surface area contributed by atoms with Crippen molar-refractivity contribution in [1.29, 1.82) is 0 Å². The first-order valence-electron chi connectivity index (χ1n) is 6.54. The van der Waals surface area contributed by atoms with E-state index in [1.807, 2.05) is 18.2 Å². The minimum absolute atomic E-state index is 0. The molecule has 1 heterocycles. The second kappa shape index (κ2) is 5.80. The van der Waals surface area contributed by atoms with Crippen molar-refractivity contribution >= 4 is 24.0 Å². The molecular formula is C14H19ClN2O2. The molecule has 104 valence electrons. The Balaban J connectivity index is 0.00000133. The number of ether oxygens (including phenoxy) is 1. The van der Waals surface area contributed by atoms with Crippen LogP contribution in [0.25, 0.3) is 0 Å². The van der Waals surface area contributed by atoms with Crippen LogP contribution in [0.4, 0.5) is 5.69 Å². The molecule has 3 N–H and O–H groups in total. The molecule has 19 heavy (non-hydrogen) atoms. The number of benzene rings is 1. The van der Waals surface area contributed by atoms with Gasteiger partial charge in [-0.25, -0.2) is 0 Å². The van der Waals surface area contributed by atoms with Gasteiger partial charge in [-0.1, -0.05) is 0 Å². The van der Waals surface area contributed by atoms with E-state index in [0.29, 0.717) is 0 Å². The highest BCUT2D eigenvalue weighted by molar-refractivity contribution is 5.93. The van der Waals surface area contributed by atoms with Crippen LogP contribution in [0.5, 0.6) is 5.75 Å². The van der Waals surface area contributed by atoms with E-state index >= 15 is 0 Å². The zero-order chi connectivity index (χ0) is 12.5. The number of anilines is 1. The van der Waals surface area contributed by atoms with Crippen molar-refractivity contribution in [2.75, 3.05) is 11.9 Å². The highest BCUT2D eigenvalue weighted by Gasteiger charge is 2.27. The minimum atomic E-state index is 0. The Morgan fingerprint density at radius 1 is 1.37 bits per heavy atom. The molecule has 3 rings (SSSR count). The number of carbonyl (C=O) groups is 1. The van der Waals surface area contributed by atoms with Gasteiger partial charge in [0.15, 0.2) is 0 Å². The van der Waals surface area contributed by atoms with Crippen molar-refractivity contribution < 1.29 is 9.53 Å². The predicted molar refractivity (Wildman–Crippen MR) is 76.8 cm³/mol. The number of hydrogen-bond donors (Lipinski definition) is 2. The van der Waals surface area contributed by atoms with Crippen molar-refractivity contribution in [3.8, 4) is 5.75 Å². The first-order chi connectivity index (χ1) is 8.72. The zero-order valence-corrected chi connectivity index (χ0v) is 11.5. The number of amides is 1. The summed E-state index contributed by atoms with van der Waals surface area (Å²) in [5.74, 6) is 1.11. The SMILES string of the molecule is Cl.NC1CCC(C(=O)Nc2ccc3c(c2)CCO3)C1. The Morgan fingerprint density at radius 3 is 2.95 bits per heavy atom. The lowest BCUT2D eigenvalue weighted by atomic mass is 10.1. The standard InChI is InChI=1S/C14H18N2O2.ClH/c15-11-2-1-10(7-11)14(17)16-12-3-4-13-9(8-12)5-6-18-13;/h3-4,8,10-11H,1-2,5-7,15H2,(H,16,17);1H.